The second kappa shape index (κ2) is 17.2. The minimum absolute atomic E-state index is 0.677. The molecule has 0 bridgehead atoms. The van der Waals surface area contributed by atoms with Crippen molar-refractivity contribution in [2.75, 3.05) is 0 Å². The Balaban J connectivity index is 1.01. The zero-order valence-electron chi connectivity index (χ0n) is 36.7. The SMILES string of the molecule is c1ccc(-c2ccc(-c3cccc(-c4cccc(-c5nc(-c6cccc(-c7cc(-c8ccccc8)cc(-c8ccccc8)c7)c6)c6c(n5)c5ccccc5n6-c5ccccc5)c4)c3)cc2)cc1. The van der Waals surface area contributed by atoms with Crippen LogP contribution in [0, 0.1) is 0 Å². The molecule has 0 aliphatic rings. The Morgan fingerprint density at radius 2 is 0.612 bits per heavy atom. The smallest absolute Gasteiger partial charge is 0.160 e. The Kier molecular flexibility index (Phi) is 10.2. The van der Waals surface area contributed by atoms with Gasteiger partial charge in [0.15, 0.2) is 5.82 Å². The predicted octanol–water partition coefficient (Wildman–Crippen LogP) is 16.9. The lowest BCUT2D eigenvalue weighted by Gasteiger charge is -2.14. The highest BCUT2D eigenvalue weighted by Crippen LogP contribution is 2.41. The van der Waals surface area contributed by atoms with Crippen molar-refractivity contribution in [3.63, 3.8) is 0 Å². The Hall–Kier alpha value is -8.92. The van der Waals surface area contributed by atoms with E-state index in [4.69, 9.17) is 9.97 Å². The predicted molar refractivity (Wildman–Crippen MR) is 280 cm³/mol. The van der Waals surface area contributed by atoms with Gasteiger partial charge in [0.25, 0.3) is 0 Å². The molecule has 0 saturated carbocycles. The van der Waals surface area contributed by atoms with Gasteiger partial charge in [0, 0.05) is 22.2 Å². The van der Waals surface area contributed by atoms with E-state index in [0.29, 0.717) is 5.82 Å². The van der Waals surface area contributed by atoms with Crippen molar-refractivity contribution in [2.24, 2.45) is 0 Å². The number of nitrogens with zero attached hydrogens (tertiary/aromatic N) is 3. The van der Waals surface area contributed by atoms with Crippen molar-refractivity contribution in [1.29, 1.82) is 0 Å². The first-order valence-electron chi connectivity index (χ1n) is 22.8. The molecule has 0 amide bonds. The molecule has 12 aromatic rings. The quantitative estimate of drug-likeness (QED) is 0.145. The summed E-state index contributed by atoms with van der Waals surface area (Å²) in [4.78, 5) is 11.1. The van der Waals surface area contributed by atoms with Crippen LogP contribution >= 0.6 is 0 Å². The molecule has 0 saturated heterocycles. The lowest BCUT2D eigenvalue weighted by Crippen LogP contribution is -2.00. The molecule has 0 atom stereocenters. The molecule has 67 heavy (non-hydrogen) atoms. The Labute approximate surface area is 390 Å². The van der Waals surface area contributed by atoms with Crippen molar-refractivity contribution >= 4 is 21.9 Å². The molecule has 12 rings (SSSR count). The molecule has 0 aliphatic carbocycles. The molecule has 2 aromatic heterocycles. The number of hydrogen-bond acceptors (Lipinski definition) is 2. The van der Waals surface area contributed by atoms with Crippen molar-refractivity contribution in [3.8, 4) is 95.1 Å². The van der Waals surface area contributed by atoms with Gasteiger partial charge in [0.2, 0.25) is 0 Å². The van der Waals surface area contributed by atoms with Crippen LogP contribution in [0.1, 0.15) is 0 Å². The van der Waals surface area contributed by atoms with Crippen molar-refractivity contribution in [3.05, 3.63) is 261 Å². The van der Waals surface area contributed by atoms with Gasteiger partial charge in [-0.3, -0.25) is 0 Å². The third kappa shape index (κ3) is 7.69. The molecule has 0 fully saturated rings. The minimum Gasteiger partial charge on any atom is -0.306 e. The van der Waals surface area contributed by atoms with E-state index in [0.717, 1.165) is 66.7 Å². The van der Waals surface area contributed by atoms with E-state index < -0.39 is 0 Å². The highest BCUT2D eigenvalue weighted by atomic mass is 15.0. The summed E-state index contributed by atoms with van der Waals surface area (Å²) in [7, 11) is 0. The largest absolute Gasteiger partial charge is 0.306 e. The molecule has 3 heteroatoms. The Morgan fingerprint density at radius 1 is 0.254 bits per heavy atom. The van der Waals surface area contributed by atoms with Crippen molar-refractivity contribution in [2.45, 2.75) is 0 Å². The third-order valence-corrected chi connectivity index (χ3v) is 12.8. The summed E-state index contributed by atoms with van der Waals surface area (Å²) in [5, 5.41) is 1.08. The van der Waals surface area contributed by atoms with Gasteiger partial charge in [-0.1, -0.05) is 206 Å². The Morgan fingerprint density at radius 3 is 1.19 bits per heavy atom. The molecule has 314 valence electrons. The molecular weight excluding hydrogens is 811 g/mol. The fraction of sp³-hybridized carbons (Fsp3) is 0. The zero-order chi connectivity index (χ0) is 44.5. The fourth-order valence-electron chi connectivity index (χ4n) is 9.46. The number of aromatic nitrogens is 3. The van der Waals surface area contributed by atoms with Crippen LogP contribution in [0.2, 0.25) is 0 Å². The van der Waals surface area contributed by atoms with Crippen molar-refractivity contribution < 1.29 is 0 Å². The molecule has 0 radical (unpaired) electrons. The standard InChI is InChI=1S/C64H43N3/c1-5-18-44(19-6-1)47-34-36-48(37-35-47)49-24-15-25-50(38-49)51-26-17-29-54(40-51)64-65-61(63-62(66-64)59-32-13-14-33-60(59)67(63)58-30-11-4-12-31-58)53-28-16-27-52(39-53)57-42-55(45-20-7-2-8-21-45)41-56(43-57)46-22-9-3-10-23-46/h1-43H. The first-order chi connectivity index (χ1) is 33.2. The van der Waals surface area contributed by atoms with Crippen LogP contribution in [0.4, 0.5) is 0 Å². The zero-order valence-corrected chi connectivity index (χ0v) is 36.7. The van der Waals surface area contributed by atoms with Gasteiger partial charge < -0.3 is 4.57 Å². The van der Waals surface area contributed by atoms with Gasteiger partial charge in [0.05, 0.1) is 16.7 Å². The average Bonchev–Trinajstić information content (AvgIpc) is 3.76. The Bertz CT molecular complexity index is 3650. The molecule has 2 heterocycles. The maximum absolute atomic E-state index is 5.59. The summed E-state index contributed by atoms with van der Waals surface area (Å²) >= 11 is 0. The van der Waals surface area contributed by atoms with Crippen LogP contribution in [0.3, 0.4) is 0 Å². The monoisotopic (exact) mass is 853 g/mol. The van der Waals surface area contributed by atoms with Crippen LogP contribution in [0.15, 0.2) is 261 Å². The molecule has 0 N–H and O–H groups in total. The lowest BCUT2D eigenvalue weighted by atomic mass is 9.92. The van der Waals surface area contributed by atoms with Gasteiger partial charge in [0.1, 0.15) is 5.52 Å². The van der Waals surface area contributed by atoms with Crippen LogP contribution < -0.4 is 0 Å². The summed E-state index contributed by atoms with van der Waals surface area (Å²) < 4.78 is 2.33. The number of fused-ring (bicyclic) bond motifs is 3. The summed E-state index contributed by atoms with van der Waals surface area (Å²) in [6.45, 7) is 0. The number of benzene rings is 10. The second-order valence-electron chi connectivity index (χ2n) is 17.0. The second-order valence-corrected chi connectivity index (χ2v) is 17.0. The molecule has 0 spiro atoms. The van der Waals surface area contributed by atoms with Gasteiger partial charge in [-0.05, 0) is 121 Å². The number of para-hydroxylation sites is 2. The fourth-order valence-corrected chi connectivity index (χ4v) is 9.46. The molecule has 10 aromatic carbocycles. The normalized spacial score (nSPS) is 11.3. The highest BCUT2D eigenvalue weighted by Gasteiger charge is 2.22. The van der Waals surface area contributed by atoms with E-state index >= 15 is 0 Å². The van der Waals surface area contributed by atoms with E-state index in [1.807, 2.05) is 0 Å². The molecule has 3 nitrogen and oxygen atoms in total. The average molecular weight is 854 g/mol. The van der Waals surface area contributed by atoms with Gasteiger partial charge in [-0.25, -0.2) is 9.97 Å². The maximum Gasteiger partial charge on any atom is 0.160 e. The van der Waals surface area contributed by atoms with E-state index in [2.05, 4.69) is 265 Å². The van der Waals surface area contributed by atoms with E-state index in [-0.39, 0.29) is 0 Å². The van der Waals surface area contributed by atoms with Crippen LogP contribution in [0.25, 0.3) is 117 Å². The summed E-state index contributed by atoms with van der Waals surface area (Å²) in [6.07, 6.45) is 0. The van der Waals surface area contributed by atoms with E-state index in [9.17, 15) is 0 Å². The molecule has 0 aliphatic heterocycles. The minimum atomic E-state index is 0.677. The summed E-state index contributed by atoms with van der Waals surface area (Å²) in [6, 6.07) is 93.0. The van der Waals surface area contributed by atoms with Crippen LogP contribution in [-0.2, 0) is 0 Å². The number of hydrogen-bond donors (Lipinski definition) is 0. The summed E-state index contributed by atoms with van der Waals surface area (Å²) in [5.41, 5.74) is 20.8. The van der Waals surface area contributed by atoms with E-state index in [1.54, 1.807) is 0 Å². The molecule has 0 unspecified atom stereocenters. The highest BCUT2D eigenvalue weighted by molar-refractivity contribution is 6.11. The van der Waals surface area contributed by atoms with E-state index in [1.165, 1.54) is 44.5 Å². The topological polar surface area (TPSA) is 30.7 Å². The van der Waals surface area contributed by atoms with Crippen LogP contribution in [-0.4, -0.2) is 14.5 Å². The van der Waals surface area contributed by atoms with Gasteiger partial charge >= 0.3 is 0 Å². The van der Waals surface area contributed by atoms with Crippen LogP contribution in [0.5, 0.6) is 0 Å². The first-order valence-corrected chi connectivity index (χ1v) is 22.8. The number of rotatable bonds is 9. The maximum atomic E-state index is 5.59. The first kappa shape index (κ1) is 39.7. The lowest BCUT2D eigenvalue weighted by molar-refractivity contribution is 1.15. The summed E-state index contributed by atoms with van der Waals surface area (Å²) in [5.74, 6) is 0.677. The van der Waals surface area contributed by atoms with Crippen molar-refractivity contribution in [1.82, 2.24) is 14.5 Å². The molecular formula is C64H43N3. The van der Waals surface area contributed by atoms with Gasteiger partial charge in [-0.15, -0.1) is 0 Å². The van der Waals surface area contributed by atoms with Gasteiger partial charge in [-0.2, -0.15) is 0 Å². The third-order valence-electron chi connectivity index (χ3n) is 12.8.